The van der Waals surface area contributed by atoms with Crippen molar-refractivity contribution in [2.45, 2.75) is 6.04 Å². The molecule has 0 bridgehead atoms. The van der Waals surface area contributed by atoms with E-state index in [0.717, 1.165) is 17.2 Å². The highest BCUT2D eigenvalue weighted by Gasteiger charge is 2.28. The van der Waals surface area contributed by atoms with Crippen molar-refractivity contribution in [3.05, 3.63) is 110 Å². The molecule has 3 aromatic rings. The molecule has 0 unspecified atom stereocenters. The summed E-state index contributed by atoms with van der Waals surface area (Å²) in [5.74, 6) is -1.63. The van der Waals surface area contributed by atoms with E-state index in [9.17, 15) is 28.5 Å². The standard InChI is InChI=1S/C26H23ClF2N4O4/c27-22-10-5-19(15-23(22)33(36)37)26(35)30-16-24(34)31-11-13-32(14-12-31)25(17-1-6-20(28)7-2-17)18-3-8-21(29)9-4-18/h1-10,15,25H,11-14,16H2,(H,30,35). The predicted octanol–water partition coefficient (Wildman–Crippen LogP) is 4.19. The minimum atomic E-state index is -0.686. The third kappa shape index (κ3) is 6.28. The van der Waals surface area contributed by atoms with Gasteiger partial charge in [0.25, 0.3) is 11.6 Å². The zero-order valence-electron chi connectivity index (χ0n) is 19.6. The molecule has 0 aliphatic carbocycles. The van der Waals surface area contributed by atoms with E-state index in [2.05, 4.69) is 10.2 Å². The number of rotatable bonds is 7. The molecule has 0 radical (unpaired) electrons. The summed E-state index contributed by atoms with van der Waals surface area (Å²) >= 11 is 5.78. The maximum Gasteiger partial charge on any atom is 0.288 e. The molecule has 4 rings (SSSR count). The van der Waals surface area contributed by atoms with Crippen molar-refractivity contribution in [3.63, 3.8) is 0 Å². The van der Waals surface area contributed by atoms with E-state index in [1.54, 1.807) is 29.2 Å². The van der Waals surface area contributed by atoms with E-state index in [1.165, 1.54) is 36.4 Å². The van der Waals surface area contributed by atoms with Crippen LogP contribution in [0.25, 0.3) is 0 Å². The summed E-state index contributed by atoms with van der Waals surface area (Å²) in [6.07, 6.45) is 0. The molecule has 11 heteroatoms. The highest BCUT2D eigenvalue weighted by atomic mass is 35.5. The number of piperazine rings is 1. The molecule has 0 aromatic heterocycles. The molecule has 192 valence electrons. The first-order valence-corrected chi connectivity index (χ1v) is 11.9. The molecule has 37 heavy (non-hydrogen) atoms. The van der Waals surface area contributed by atoms with Crippen LogP contribution in [0.1, 0.15) is 27.5 Å². The molecule has 1 heterocycles. The zero-order valence-corrected chi connectivity index (χ0v) is 20.3. The molecule has 8 nitrogen and oxygen atoms in total. The van der Waals surface area contributed by atoms with Crippen LogP contribution in [0, 0.1) is 21.7 Å². The molecule has 1 aliphatic heterocycles. The van der Waals surface area contributed by atoms with Crippen molar-refractivity contribution in [2.24, 2.45) is 0 Å². The van der Waals surface area contributed by atoms with Crippen LogP contribution in [-0.4, -0.2) is 59.3 Å². The van der Waals surface area contributed by atoms with E-state index in [1.807, 2.05) is 0 Å². The van der Waals surface area contributed by atoms with Crippen molar-refractivity contribution in [3.8, 4) is 0 Å². The van der Waals surface area contributed by atoms with Gasteiger partial charge in [-0.3, -0.25) is 24.6 Å². The van der Waals surface area contributed by atoms with Gasteiger partial charge in [0, 0.05) is 37.8 Å². The highest BCUT2D eigenvalue weighted by Crippen LogP contribution is 2.30. The molecule has 3 aromatic carbocycles. The summed E-state index contributed by atoms with van der Waals surface area (Å²) in [4.78, 5) is 39.3. The first-order valence-electron chi connectivity index (χ1n) is 11.5. The van der Waals surface area contributed by atoms with Crippen LogP contribution in [0.15, 0.2) is 66.7 Å². The van der Waals surface area contributed by atoms with Crippen LogP contribution < -0.4 is 5.32 Å². The van der Waals surface area contributed by atoms with Gasteiger partial charge >= 0.3 is 0 Å². The van der Waals surface area contributed by atoms with Crippen LogP contribution in [-0.2, 0) is 4.79 Å². The zero-order chi connectivity index (χ0) is 26.5. The van der Waals surface area contributed by atoms with Crippen LogP contribution in [0.3, 0.4) is 0 Å². The number of hydrogen-bond donors (Lipinski definition) is 1. The summed E-state index contributed by atoms with van der Waals surface area (Å²) in [7, 11) is 0. The van der Waals surface area contributed by atoms with Crippen molar-refractivity contribution in [1.29, 1.82) is 0 Å². The topological polar surface area (TPSA) is 95.8 Å². The number of nitrogens with one attached hydrogen (secondary N) is 1. The molecule has 2 amide bonds. The fraction of sp³-hybridized carbons (Fsp3) is 0.231. The fourth-order valence-corrected chi connectivity index (χ4v) is 4.48. The van der Waals surface area contributed by atoms with Gasteiger partial charge in [0.05, 0.1) is 17.5 Å². The Morgan fingerprint density at radius 3 is 1.97 bits per heavy atom. The smallest absolute Gasteiger partial charge is 0.288 e. The van der Waals surface area contributed by atoms with E-state index in [4.69, 9.17) is 11.6 Å². The number of halogens is 3. The van der Waals surface area contributed by atoms with Crippen LogP contribution >= 0.6 is 11.6 Å². The lowest BCUT2D eigenvalue weighted by atomic mass is 9.96. The van der Waals surface area contributed by atoms with E-state index in [0.29, 0.717) is 26.2 Å². The van der Waals surface area contributed by atoms with Gasteiger partial charge in [-0.05, 0) is 47.5 Å². The summed E-state index contributed by atoms with van der Waals surface area (Å²) in [5.41, 5.74) is 1.32. The minimum absolute atomic E-state index is 0.0233. The van der Waals surface area contributed by atoms with Crippen LogP contribution in [0.4, 0.5) is 14.5 Å². The maximum atomic E-state index is 13.5. The lowest BCUT2D eigenvalue weighted by molar-refractivity contribution is -0.384. The molecule has 0 atom stereocenters. The molecule has 1 saturated heterocycles. The molecular weight excluding hydrogens is 506 g/mol. The Morgan fingerprint density at radius 2 is 1.46 bits per heavy atom. The van der Waals surface area contributed by atoms with E-state index >= 15 is 0 Å². The molecule has 1 fully saturated rings. The van der Waals surface area contributed by atoms with Gasteiger partial charge in [-0.1, -0.05) is 35.9 Å². The number of nitro groups is 1. The van der Waals surface area contributed by atoms with Crippen molar-refractivity contribution < 1.29 is 23.3 Å². The van der Waals surface area contributed by atoms with Gasteiger partial charge < -0.3 is 10.2 Å². The van der Waals surface area contributed by atoms with Gasteiger partial charge in [-0.25, -0.2) is 8.78 Å². The van der Waals surface area contributed by atoms with Gasteiger partial charge in [-0.15, -0.1) is 0 Å². The Bertz CT molecular complexity index is 1250. The van der Waals surface area contributed by atoms with Gasteiger partial charge in [0.1, 0.15) is 16.7 Å². The minimum Gasteiger partial charge on any atom is -0.343 e. The van der Waals surface area contributed by atoms with E-state index < -0.39 is 16.5 Å². The van der Waals surface area contributed by atoms with Crippen molar-refractivity contribution >= 4 is 29.1 Å². The van der Waals surface area contributed by atoms with E-state index in [-0.39, 0.29) is 40.7 Å². The average molecular weight is 529 g/mol. The number of benzene rings is 3. The Labute approximate surface area is 216 Å². The average Bonchev–Trinajstić information content (AvgIpc) is 2.90. The Balaban J connectivity index is 1.38. The Morgan fingerprint density at radius 1 is 0.919 bits per heavy atom. The lowest BCUT2D eigenvalue weighted by Crippen LogP contribution is -2.52. The SMILES string of the molecule is O=C(NCC(=O)N1CCN(C(c2ccc(F)cc2)c2ccc(F)cc2)CC1)c1ccc(Cl)c([N+](=O)[O-])c1. The van der Waals surface area contributed by atoms with Gasteiger partial charge in [-0.2, -0.15) is 0 Å². The number of nitro benzene ring substituents is 1. The monoisotopic (exact) mass is 528 g/mol. The van der Waals surface area contributed by atoms with Crippen molar-refractivity contribution in [2.75, 3.05) is 32.7 Å². The highest BCUT2D eigenvalue weighted by molar-refractivity contribution is 6.32. The van der Waals surface area contributed by atoms with Gasteiger partial charge in [0.15, 0.2) is 0 Å². The molecule has 0 saturated carbocycles. The van der Waals surface area contributed by atoms with Crippen LogP contribution in [0.2, 0.25) is 5.02 Å². The largest absolute Gasteiger partial charge is 0.343 e. The first-order chi connectivity index (χ1) is 17.7. The summed E-state index contributed by atoms with van der Waals surface area (Å²) in [6, 6.07) is 15.7. The first kappa shape index (κ1) is 26.2. The number of carbonyl (C=O) groups excluding carboxylic acids is 2. The number of amides is 2. The normalized spacial score (nSPS) is 14.0. The van der Waals surface area contributed by atoms with Crippen LogP contribution in [0.5, 0.6) is 0 Å². The third-order valence-corrected chi connectivity index (χ3v) is 6.53. The molecule has 1 N–H and O–H groups in total. The second-order valence-electron chi connectivity index (χ2n) is 8.53. The quantitative estimate of drug-likeness (QED) is 0.366. The molecular formula is C26H23ClF2N4O4. The number of hydrogen-bond acceptors (Lipinski definition) is 5. The Hall–Kier alpha value is -3.89. The Kier molecular flexibility index (Phi) is 8.10. The third-order valence-electron chi connectivity index (χ3n) is 6.21. The summed E-state index contributed by atoms with van der Waals surface area (Å²) in [6.45, 7) is 1.51. The molecule has 0 spiro atoms. The second-order valence-corrected chi connectivity index (χ2v) is 8.94. The lowest BCUT2D eigenvalue weighted by Gasteiger charge is -2.39. The fourth-order valence-electron chi connectivity index (χ4n) is 4.30. The second kappa shape index (κ2) is 11.4. The number of nitrogens with zero attached hydrogens (tertiary/aromatic N) is 3. The summed E-state index contributed by atoms with van der Waals surface area (Å²) < 4.78 is 27.1. The number of carbonyl (C=O) groups is 2. The predicted molar refractivity (Wildman–Crippen MR) is 133 cm³/mol. The maximum absolute atomic E-state index is 13.5. The summed E-state index contributed by atoms with van der Waals surface area (Å²) in [5, 5.41) is 13.5. The van der Waals surface area contributed by atoms with Gasteiger partial charge in [0.2, 0.25) is 5.91 Å². The molecule has 1 aliphatic rings. The van der Waals surface area contributed by atoms with Crippen molar-refractivity contribution in [1.82, 2.24) is 15.1 Å².